The highest BCUT2D eigenvalue weighted by molar-refractivity contribution is 7.25. The van der Waals surface area contributed by atoms with E-state index in [9.17, 15) is 0 Å². The van der Waals surface area contributed by atoms with E-state index < -0.39 is 0 Å². The average Bonchev–Trinajstić information content (AvgIpc) is 3.71. The van der Waals surface area contributed by atoms with Gasteiger partial charge in [0.15, 0.2) is 0 Å². The minimum atomic E-state index is 1.10. The molecule has 0 bridgehead atoms. The molecule has 60 heavy (non-hydrogen) atoms. The van der Waals surface area contributed by atoms with Gasteiger partial charge in [-0.05, 0) is 127 Å². The average molecular weight is 782 g/mol. The number of hydrogen-bond acceptors (Lipinski definition) is 2. The van der Waals surface area contributed by atoms with Gasteiger partial charge in [0.2, 0.25) is 0 Å². The van der Waals surface area contributed by atoms with Gasteiger partial charge in [-0.15, -0.1) is 11.3 Å². The maximum atomic E-state index is 2.36. The first-order valence-electron chi connectivity index (χ1n) is 20.5. The van der Waals surface area contributed by atoms with Crippen LogP contribution in [-0.4, -0.2) is 0 Å². The normalized spacial score (nSPS) is 11.3. The zero-order chi connectivity index (χ0) is 39.8. The highest BCUT2D eigenvalue weighted by Gasteiger charge is 2.16. The number of benzene rings is 10. The van der Waals surface area contributed by atoms with Gasteiger partial charge in [0.05, 0.1) is 0 Å². The lowest BCUT2D eigenvalue weighted by Crippen LogP contribution is -2.09. The van der Waals surface area contributed by atoms with Crippen molar-refractivity contribution in [3.8, 4) is 55.6 Å². The summed E-state index contributed by atoms with van der Waals surface area (Å²) < 4.78 is 2.65. The van der Waals surface area contributed by atoms with E-state index in [1.807, 2.05) is 11.3 Å². The van der Waals surface area contributed by atoms with Crippen LogP contribution in [0, 0.1) is 0 Å². The fourth-order valence-electron chi connectivity index (χ4n) is 8.68. The fourth-order valence-corrected chi connectivity index (χ4v) is 9.76. The van der Waals surface area contributed by atoms with Crippen LogP contribution in [0.4, 0.5) is 17.1 Å². The third kappa shape index (κ3) is 6.63. The monoisotopic (exact) mass is 781 g/mol. The van der Waals surface area contributed by atoms with E-state index >= 15 is 0 Å². The SMILES string of the molecule is c1ccc(-c2ccc(-c3ccc(N(c4ccc(-c5ccc6sc7ccccc7c6c5)cc4)c4ccc(-c5cccc6ccccc56)cc4)cc3)cc2-c2ccccc2)cc1. The summed E-state index contributed by atoms with van der Waals surface area (Å²) in [6.07, 6.45) is 0. The zero-order valence-electron chi connectivity index (χ0n) is 32.9. The summed E-state index contributed by atoms with van der Waals surface area (Å²) in [6.45, 7) is 0. The highest BCUT2D eigenvalue weighted by atomic mass is 32.1. The summed E-state index contributed by atoms with van der Waals surface area (Å²) in [5.41, 5.74) is 15.4. The third-order valence-electron chi connectivity index (χ3n) is 11.7. The number of rotatable bonds is 8. The Balaban J connectivity index is 0.976. The van der Waals surface area contributed by atoms with Gasteiger partial charge in [-0.2, -0.15) is 0 Å². The number of thiophene rings is 1. The standard InChI is InChI=1S/C58H39NS/c1-3-12-42(13-4-1)53-36-28-46(38-55(53)44-14-5-2-6-15-44)40-22-30-48(31-23-40)59(50-34-26-45(27-35-50)52-20-11-17-43-16-7-8-18-51(43)52)49-32-24-41(25-33-49)47-29-37-58-56(39-47)54-19-9-10-21-57(54)60-58/h1-39H. The van der Waals surface area contributed by atoms with Gasteiger partial charge < -0.3 is 4.90 Å². The summed E-state index contributed by atoms with van der Waals surface area (Å²) in [7, 11) is 0. The smallest absolute Gasteiger partial charge is 0.0462 e. The van der Waals surface area contributed by atoms with Crippen molar-refractivity contribution >= 4 is 59.3 Å². The summed E-state index contributed by atoms with van der Waals surface area (Å²) in [6, 6.07) is 86.1. The molecule has 0 saturated heterocycles. The maximum Gasteiger partial charge on any atom is 0.0462 e. The number of hydrogen-bond donors (Lipinski definition) is 0. The van der Waals surface area contributed by atoms with Crippen LogP contribution in [0.25, 0.3) is 86.6 Å². The van der Waals surface area contributed by atoms with Gasteiger partial charge in [-0.1, -0.05) is 176 Å². The zero-order valence-corrected chi connectivity index (χ0v) is 33.7. The first-order chi connectivity index (χ1) is 29.7. The van der Waals surface area contributed by atoms with Crippen molar-refractivity contribution in [2.45, 2.75) is 0 Å². The van der Waals surface area contributed by atoms with Gasteiger partial charge in [0.25, 0.3) is 0 Å². The van der Waals surface area contributed by atoms with Crippen molar-refractivity contribution in [2.24, 2.45) is 0 Å². The van der Waals surface area contributed by atoms with Crippen molar-refractivity contribution in [1.29, 1.82) is 0 Å². The van der Waals surface area contributed by atoms with Crippen LogP contribution < -0.4 is 4.90 Å². The summed E-state index contributed by atoms with van der Waals surface area (Å²) >= 11 is 1.86. The molecule has 0 aliphatic heterocycles. The van der Waals surface area contributed by atoms with Crippen molar-refractivity contribution in [3.05, 3.63) is 237 Å². The van der Waals surface area contributed by atoms with E-state index in [2.05, 4.69) is 241 Å². The van der Waals surface area contributed by atoms with Crippen molar-refractivity contribution in [3.63, 3.8) is 0 Å². The van der Waals surface area contributed by atoms with Crippen LogP contribution in [0.1, 0.15) is 0 Å². The Labute approximate surface area is 354 Å². The molecule has 1 aromatic heterocycles. The molecular weight excluding hydrogens is 743 g/mol. The Hall–Kier alpha value is -7.52. The Kier molecular flexibility index (Phi) is 9.11. The summed E-state index contributed by atoms with van der Waals surface area (Å²) in [5.74, 6) is 0. The first-order valence-corrected chi connectivity index (χ1v) is 21.3. The molecule has 0 radical (unpaired) electrons. The Morgan fingerprint density at radius 3 is 1.38 bits per heavy atom. The first kappa shape index (κ1) is 35.6. The van der Waals surface area contributed by atoms with Gasteiger partial charge in [-0.25, -0.2) is 0 Å². The second-order valence-electron chi connectivity index (χ2n) is 15.3. The molecule has 0 saturated carbocycles. The molecule has 0 N–H and O–H groups in total. The van der Waals surface area contributed by atoms with Gasteiger partial charge in [-0.3, -0.25) is 0 Å². The third-order valence-corrected chi connectivity index (χ3v) is 12.9. The van der Waals surface area contributed by atoms with E-state index in [0.29, 0.717) is 0 Å². The van der Waals surface area contributed by atoms with Crippen LogP contribution in [-0.2, 0) is 0 Å². The van der Waals surface area contributed by atoms with E-state index in [0.717, 1.165) is 17.1 Å². The minimum Gasteiger partial charge on any atom is -0.311 e. The van der Waals surface area contributed by atoms with E-state index in [1.165, 1.54) is 86.6 Å². The molecule has 11 rings (SSSR count). The molecule has 1 nitrogen and oxygen atoms in total. The minimum absolute atomic E-state index is 1.10. The largest absolute Gasteiger partial charge is 0.311 e. The molecule has 0 amide bonds. The molecule has 2 heteroatoms. The van der Waals surface area contributed by atoms with Gasteiger partial charge >= 0.3 is 0 Å². The number of anilines is 3. The van der Waals surface area contributed by atoms with Crippen LogP contribution in [0.5, 0.6) is 0 Å². The number of fused-ring (bicyclic) bond motifs is 4. The molecule has 0 atom stereocenters. The topological polar surface area (TPSA) is 3.24 Å². The number of nitrogens with zero attached hydrogens (tertiary/aromatic N) is 1. The van der Waals surface area contributed by atoms with E-state index in [-0.39, 0.29) is 0 Å². The molecule has 1 heterocycles. The van der Waals surface area contributed by atoms with E-state index in [1.54, 1.807) is 0 Å². The van der Waals surface area contributed by atoms with Crippen LogP contribution >= 0.6 is 11.3 Å². The molecule has 11 aromatic rings. The Morgan fingerprint density at radius 1 is 0.250 bits per heavy atom. The fraction of sp³-hybridized carbons (Fsp3) is 0. The molecule has 10 aromatic carbocycles. The summed E-state index contributed by atoms with van der Waals surface area (Å²) in [5, 5.41) is 5.14. The quantitative estimate of drug-likeness (QED) is 0.148. The lowest BCUT2D eigenvalue weighted by molar-refractivity contribution is 1.28. The second-order valence-corrected chi connectivity index (χ2v) is 16.4. The predicted molar refractivity (Wildman–Crippen MR) is 259 cm³/mol. The lowest BCUT2D eigenvalue weighted by atomic mass is 9.91. The molecule has 0 unspecified atom stereocenters. The second kappa shape index (κ2) is 15.3. The van der Waals surface area contributed by atoms with Crippen LogP contribution in [0.3, 0.4) is 0 Å². The Bertz CT molecular complexity index is 3270. The molecule has 0 aliphatic rings. The lowest BCUT2D eigenvalue weighted by Gasteiger charge is -2.26. The van der Waals surface area contributed by atoms with Crippen molar-refractivity contribution in [2.75, 3.05) is 4.90 Å². The molecule has 0 fully saturated rings. The maximum absolute atomic E-state index is 2.36. The van der Waals surface area contributed by atoms with E-state index in [4.69, 9.17) is 0 Å². The van der Waals surface area contributed by atoms with Gasteiger partial charge in [0.1, 0.15) is 0 Å². The molecule has 0 spiro atoms. The van der Waals surface area contributed by atoms with Gasteiger partial charge in [0, 0.05) is 37.2 Å². The highest BCUT2D eigenvalue weighted by Crippen LogP contribution is 2.41. The predicted octanol–water partition coefficient (Wildman–Crippen LogP) is 17.0. The van der Waals surface area contributed by atoms with Crippen LogP contribution in [0.2, 0.25) is 0 Å². The van der Waals surface area contributed by atoms with Crippen LogP contribution in [0.15, 0.2) is 237 Å². The molecule has 282 valence electrons. The molecular formula is C58H39NS. The Morgan fingerprint density at radius 2 is 0.717 bits per heavy atom. The van der Waals surface area contributed by atoms with Crippen molar-refractivity contribution in [1.82, 2.24) is 0 Å². The summed E-state index contributed by atoms with van der Waals surface area (Å²) in [4.78, 5) is 2.36. The van der Waals surface area contributed by atoms with Crippen molar-refractivity contribution < 1.29 is 0 Å². The molecule has 0 aliphatic carbocycles.